The van der Waals surface area contributed by atoms with Crippen LogP contribution in [0.4, 0.5) is 13.2 Å². The molecule has 11 heavy (non-hydrogen) atoms. The molecule has 0 aromatic rings. The molecule has 2 nitrogen and oxygen atoms in total. The molecule has 0 bridgehead atoms. The largest absolute Gasteiger partial charge is 0.417 e. The number of aliphatic hydroxyl groups is 1. The molecule has 5 heteroatoms. The van der Waals surface area contributed by atoms with Crippen LogP contribution in [0.15, 0.2) is 0 Å². The second-order valence-corrected chi connectivity index (χ2v) is 2.16. The summed E-state index contributed by atoms with van der Waals surface area (Å²) in [6.45, 7) is 2.43. The summed E-state index contributed by atoms with van der Waals surface area (Å²) in [6.07, 6.45) is -8.06. The van der Waals surface area contributed by atoms with Crippen LogP contribution in [-0.4, -0.2) is 30.1 Å². The molecule has 0 saturated heterocycles. The first kappa shape index (κ1) is 10.7. The van der Waals surface area contributed by atoms with E-state index in [1.54, 1.807) is 0 Å². The Bertz CT molecular complexity index is 111. The lowest BCUT2D eigenvalue weighted by Gasteiger charge is -2.22. The van der Waals surface area contributed by atoms with Crippen molar-refractivity contribution in [1.29, 1.82) is 0 Å². The molecule has 1 N–H and O–H groups in total. The number of hydrogen-bond acceptors (Lipinski definition) is 2. The number of hydrogen-bond donors (Lipinski definition) is 1. The van der Waals surface area contributed by atoms with Crippen LogP contribution in [-0.2, 0) is 4.74 Å². The number of alkyl halides is 3. The Kier molecular flexibility index (Phi) is 3.82. The normalized spacial score (nSPS) is 18.0. The molecular weight excluding hydrogens is 161 g/mol. The lowest BCUT2D eigenvalue weighted by atomic mass is 10.2. The Balaban J connectivity index is 4.10. The molecule has 0 saturated carbocycles. The standard InChI is InChI=1S/C6H11F3O2/c1-3-11-5(4(2)10)6(7,8)9/h4-5,10H,3H2,1-2H3. The molecule has 0 aliphatic rings. The maximum absolute atomic E-state index is 11.9. The van der Waals surface area contributed by atoms with Crippen LogP contribution in [0.5, 0.6) is 0 Å². The summed E-state index contributed by atoms with van der Waals surface area (Å²) in [6, 6.07) is 0. The lowest BCUT2D eigenvalue weighted by Crippen LogP contribution is -2.40. The van der Waals surface area contributed by atoms with Crippen molar-refractivity contribution in [2.75, 3.05) is 6.61 Å². The van der Waals surface area contributed by atoms with E-state index in [0.29, 0.717) is 0 Å². The zero-order valence-electron chi connectivity index (χ0n) is 6.35. The monoisotopic (exact) mass is 172 g/mol. The minimum Gasteiger partial charge on any atom is -0.390 e. The third-order valence-electron chi connectivity index (χ3n) is 1.11. The molecule has 0 aromatic heterocycles. The van der Waals surface area contributed by atoms with Crippen LogP contribution in [0.1, 0.15) is 13.8 Å². The van der Waals surface area contributed by atoms with E-state index in [0.717, 1.165) is 6.92 Å². The van der Waals surface area contributed by atoms with Crippen molar-refractivity contribution in [3.8, 4) is 0 Å². The number of halogens is 3. The predicted octanol–water partition coefficient (Wildman–Crippen LogP) is 1.33. The van der Waals surface area contributed by atoms with Crippen molar-refractivity contribution in [2.24, 2.45) is 0 Å². The van der Waals surface area contributed by atoms with Crippen LogP contribution in [0.2, 0.25) is 0 Å². The van der Waals surface area contributed by atoms with Crippen molar-refractivity contribution in [1.82, 2.24) is 0 Å². The first-order valence-electron chi connectivity index (χ1n) is 3.26. The summed E-state index contributed by atoms with van der Waals surface area (Å²) >= 11 is 0. The molecule has 0 aromatic carbocycles. The van der Waals surface area contributed by atoms with Crippen LogP contribution >= 0.6 is 0 Å². The van der Waals surface area contributed by atoms with Crippen molar-refractivity contribution in [3.63, 3.8) is 0 Å². The quantitative estimate of drug-likeness (QED) is 0.696. The molecule has 0 fully saturated rings. The van der Waals surface area contributed by atoms with Crippen molar-refractivity contribution in [2.45, 2.75) is 32.2 Å². The topological polar surface area (TPSA) is 29.5 Å². The fourth-order valence-corrected chi connectivity index (χ4v) is 0.687. The molecule has 0 aliphatic heterocycles. The fourth-order valence-electron chi connectivity index (χ4n) is 0.687. The van der Waals surface area contributed by atoms with E-state index < -0.39 is 18.4 Å². The summed E-state index contributed by atoms with van der Waals surface area (Å²) in [7, 11) is 0. The Morgan fingerprint density at radius 2 is 1.91 bits per heavy atom. The van der Waals surface area contributed by atoms with Gasteiger partial charge in [0.15, 0.2) is 6.10 Å². The fraction of sp³-hybridized carbons (Fsp3) is 1.00. The maximum atomic E-state index is 11.9. The Hall–Kier alpha value is -0.290. The zero-order chi connectivity index (χ0) is 9.07. The molecule has 0 aliphatic carbocycles. The van der Waals surface area contributed by atoms with Gasteiger partial charge < -0.3 is 9.84 Å². The molecule has 68 valence electrons. The van der Waals surface area contributed by atoms with Crippen molar-refractivity contribution in [3.05, 3.63) is 0 Å². The second kappa shape index (κ2) is 3.92. The molecule has 2 unspecified atom stereocenters. The summed E-state index contributed by atoms with van der Waals surface area (Å²) in [5, 5.41) is 8.63. The number of rotatable bonds is 3. The maximum Gasteiger partial charge on any atom is 0.417 e. The Morgan fingerprint density at radius 3 is 2.00 bits per heavy atom. The van der Waals surface area contributed by atoms with Gasteiger partial charge in [-0.15, -0.1) is 0 Å². The third kappa shape index (κ3) is 3.57. The van der Waals surface area contributed by atoms with Gasteiger partial charge in [0.25, 0.3) is 0 Å². The molecule has 0 heterocycles. The highest BCUT2D eigenvalue weighted by atomic mass is 19.4. The number of ether oxygens (including phenoxy) is 1. The predicted molar refractivity (Wildman–Crippen MR) is 33.1 cm³/mol. The van der Waals surface area contributed by atoms with Crippen molar-refractivity contribution >= 4 is 0 Å². The van der Waals surface area contributed by atoms with Gasteiger partial charge in [-0.25, -0.2) is 0 Å². The van der Waals surface area contributed by atoms with E-state index >= 15 is 0 Å². The average Bonchev–Trinajstić information content (AvgIpc) is 1.79. The van der Waals surface area contributed by atoms with Gasteiger partial charge >= 0.3 is 6.18 Å². The van der Waals surface area contributed by atoms with Gasteiger partial charge in [-0.1, -0.05) is 0 Å². The molecule has 0 rings (SSSR count). The molecule has 0 amide bonds. The van der Waals surface area contributed by atoms with E-state index in [4.69, 9.17) is 5.11 Å². The van der Waals surface area contributed by atoms with Gasteiger partial charge in [0, 0.05) is 6.61 Å². The van der Waals surface area contributed by atoms with Crippen LogP contribution < -0.4 is 0 Å². The average molecular weight is 172 g/mol. The summed E-state index contributed by atoms with van der Waals surface area (Å²) < 4.78 is 39.9. The summed E-state index contributed by atoms with van der Waals surface area (Å²) in [5.74, 6) is 0. The molecule has 2 atom stereocenters. The van der Waals surface area contributed by atoms with E-state index in [2.05, 4.69) is 4.74 Å². The third-order valence-corrected chi connectivity index (χ3v) is 1.11. The van der Waals surface area contributed by atoms with Gasteiger partial charge in [-0.3, -0.25) is 0 Å². The highest BCUT2D eigenvalue weighted by Crippen LogP contribution is 2.25. The number of aliphatic hydroxyl groups excluding tert-OH is 1. The van der Waals surface area contributed by atoms with Gasteiger partial charge in [-0.05, 0) is 13.8 Å². The van der Waals surface area contributed by atoms with E-state index in [1.165, 1.54) is 6.92 Å². The van der Waals surface area contributed by atoms with E-state index in [1.807, 2.05) is 0 Å². The van der Waals surface area contributed by atoms with Gasteiger partial charge in [0.1, 0.15) is 0 Å². The zero-order valence-corrected chi connectivity index (χ0v) is 6.35. The summed E-state index contributed by atoms with van der Waals surface area (Å²) in [5.41, 5.74) is 0. The minimum absolute atomic E-state index is 0.0604. The highest BCUT2D eigenvalue weighted by molar-refractivity contribution is 4.72. The second-order valence-electron chi connectivity index (χ2n) is 2.16. The van der Waals surface area contributed by atoms with Crippen LogP contribution in [0.3, 0.4) is 0 Å². The first-order valence-corrected chi connectivity index (χ1v) is 3.26. The summed E-state index contributed by atoms with van der Waals surface area (Å²) in [4.78, 5) is 0. The van der Waals surface area contributed by atoms with Crippen molar-refractivity contribution < 1.29 is 23.0 Å². The minimum atomic E-state index is -4.48. The first-order chi connectivity index (χ1) is 4.89. The van der Waals surface area contributed by atoms with Gasteiger partial charge in [0.2, 0.25) is 0 Å². The smallest absolute Gasteiger partial charge is 0.390 e. The lowest BCUT2D eigenvalue weighted by molar-refractivity contribution is -0.242. The van der Waals surface area contributed by atoms with Gasteiger partial charge in [-0.2, -0.15) is 13.2 Å². The molecular formula is C6H11F3O2. The highest BCUT2D eigenvalue weighted by Gasteiger charge is 2.43. The SMILES string of the molecule is CCOC(C(C)O)C(F)(F)F. The Labute approximate surface area is 63.0 Å². The molecule has 0 spiro atoms. The van der Waals surface area contributed by atoms with Crippen LogP contribution in [0, 0.1) is 0 Å². The van der Waals surface area contributed by atoms with Gasteiger partial charge in [0.05, 0.1) is 6.10 Å². The molecule has 0 radical (unpaired) electrons. The van der Waals surface area contributed by atoms with Crippen LogP contribution in [0.25, 0.3) is 0 Å². The van der Waals surface area contributed by atoms with E-state index in [-0.39, 0.29) is 6.61 Å². The Morgan fingerprint density at radius 1 is 1.45 bits per heavy atom. The van der Waals surface area contributed by atoms with E-state index in [9.17, 15) is 13.2 Å².